The number of fused-ring (bicyclic) bond motifs is 1. The highest BCUT2D eigenvalue weighted by Gasteiger charge is 2.22. The number of rotatable bonds is 7. The van der Waals surface area contributed by atoms with Crippen LogP contribution in [0.5, 0.6) is 5.88 Å². The molecule has 1 aromatic heterocycles. The van der Waals surface area contributed by atoms with Crippen LogP contribution in [-0.2, 0) is 6.54 Å². The van der Waals surface area contributed by atoms with Gasteiger partial charge >= 0.3 is 0 Å². The molecule has 3 nitrogen and oxygen atoms in total. The Morgan fingerprint density at radius 1 is 1.30 bits per heavy atom. The second-order valence-corrected chi connectivity index (χ2v) is 5.57. The number of aromatic nitrogens is 1. The summed E-state index contributed by atoms with van der Waals surface area (Å²) in [5.41, 5.74) is 2.30. The van der Waals surface area contributed by atoms with Gasteiger partial charge in [0.15, 0.2) is 0 Å². The monoisotopic (exact) mass is 270 g/mol. The van der Waals surface area contributed by atoms with Gasteiger partial charge in [-0.3, -0.25) is 0 Å². The SMILES string of the molecule is CCCNCc1cc(OCC2CC2)nc2ccccc12. The van der Waals surface area contributed by atoms with Gasteiger partial charge in [0.25, 0.3) is 0 Å². The minimum Gasteiger partial charge on any atom is -0.477 e. The molecule has 0 saturated heterocycles. The Balaban J connectivity index is 1.83. The molecule has 0 unspecified atom stereocenters. The molecular formula is C17H22N2O. The van der Waals surface area contributed by atoms with Crippen molar-refractivity contribution in [2.45, 2.75) is 32.7 Å². The van der Waals surface area contributed by atoms with Crippen LogP contribution in [0.25, 0.3) is 10.9 Å². The molecule has 0 aliphatic heterocycles. The van der Waals surface area contributed by atoms with Gasteiger partial charge in [-0.1, -0.05) is 25.1 Å². The van der Waals surface area contributed by atoms with Crippen molar-refractivity contribution in [3.63, 3.8) is 0 Å². The lowest BCUT2D eigenvalue weighted by molar-refractivity contribution is 0.289. The summed E-state index contributed by atoms with van der Waals surface area (Å²) < 4.78 is 5.85. The second kappa shape index (κ2) is 6.23. The number of para-hydroxylation sites is 1. The van der Waals surface area contributed by atoms with Crippen LogP contribution in [0.1, 0.15) is 31.7 Å². The van der Waals surface area contributed by atoms with Gasteiger partial charge in [0.2, 0.25) is 5.88 Å². The van der Waals surface area contributed by atoms with Crippen LogP contribution in [0.2, 0.25) is 0 Å². The first-order valence-corrected chi connectivity index (χ1v) is 7.59. The van der Waals surface area contributed by atoms with Crippen LogP contribution in [0.4, 0.5) is 0 Å². The lowest BCUT2D eigenvalue weighted by Crippen LogP contribution is -2.14. The summed E-state index contributed by atoms with van der Waals surface area (Å²) in [6.07, 6.45) is 3.76. The standard InChI is InChI=1S/C17H22N2O/c1-2-9-18-11-14-10-17(20-12-13-7-8-13)19-16-6-4-3-5-15(14)16/h3-6,10,13,18H,2,7-9,11-12H2,1H3. The molecule has 0 spiro atoms. The fourth-order valence-electron chi connectivity index (χ4n) is 2.33. The first kappa shape index (κ1) is 13.4. The Hall–Kier alpha value is -1.61. The number of hydrogen-bond acceptors (Lipinski definition) is 3. The highest BCUT2D eigenvalue weighted by atomic mass is 16.5. The van der Waals surface area contributed by atoms with Crippen molar-refractivity contribution in [2.24, 2.45) is 5.92 Å². The summed E-state index contributed by atoms with van der Waals surface area (Å²) in [6.45, 7) is 4.90. The van der Waals surface area contributed by atoms with Gasteiger partial charge in [-0.15, -0.1) is 0 Å². The first-order valence-electron chi connectivity index (χ1n) is 7.59. The van der Waals surface area contributed by atoms with Crippen molar-refractivity contribution < 1.29 is 4.74 Å². The topological polar surface area (TPSA) is 34.1 Å². The van der Waals surface area contributed by atoms with Crippen LogP contribution in [-0.4, -0.2) is 18.1 Å². The van der Waals surface area contributed by atoms with Crippen LogP contribution >= 0.6 is 0 Å². The van der Waals surface area contributed by atoms with Crippen molar-refractivity contribution in [3.05, 3.63) is 35.9 Å². The molecule has 0 bridgehead atoms. The zero-order valence-corrected chi connectivity index (χ0v) is 12.1. The van der Waals surface area contributed by atoms with E-state index in [1.807, 2.05) is 6.07 Å². The molecule has 1 aromatic carbocycles. The van der Waals surface area contributed by atoms with Gasteiger partial charge < -0.3 is 10.1 Å². The molecule has 1 saturated carbocycles. The lowest BCUT2D eigenvalue weighted by Gasteiger charge is -2.11. The van der Waals surface area contributed by atoms with E-state index in [4.69, 9.17) is 4.74 Å². The summed E-state index contributed by atoms with van der Waals surface area (Å²) in [4.78, 5) is 4.61. The van der Waals surface area contributed by atoms with Gasteiger partial charge in [0.05, 0.1) is 12.1 Å². The van der Waals surface area contributed by atoms with E-state index in [0.717, 1.165) is 43.4 Å². The number of pyridine rings is 1. The third kappa shape index (κ3) is 3.28. The fourth-order valence-corrected chi connectivity index (χ4v) is 2.33. The number of ether oxygens (including phenoxy) is 1. The Kier molecular flexibility index (Phi) is 4.16. The Bertz CT molecular complexity index is 578. The molecule has 0 radical (unpaired) electrons. The minimum atomic E-state index is 0.755. The number of hydrogen-bond donors (Lipinski definition) is 1. The predicted molar refractivity (Wildman–Crippen MR) is 82.0 cm³/mol. The average molecular weight is 270 g/mol. The van der Waals surface area contributed by atoms with E-state index in [1.165, 1.54) is 23.8 Å². The van der Waals surface area contributed by atoms with Gasteiger partial charge in [0, 0.05) is 18.0 Å². The maximum atomic E-state index is 5.85. The number of nitrogens with zero attached hydrogens (tertiary/aromatic N) is 1. The summed E-state index contributed by atoms with van der Waals surface area (Å²) >= 11 is 0. The predicted octanol–water partition coefficient (Wildman–Crippen LogP) is 3.52. The van der Waals surface area contributed by atoms with E-state index in [9.17, 15) is 0 Å². The van der Waals surface area contributed by atoms with E-state index in [1.54, 1.807) is 0 Å². The van der Waals surface area contributed by atoms with E-state index in [2.05, 4.69) is 41.5 Å². The van der Waals surface area contributed by atoms with Crippen molar-refractivity contribution in [2.75, 3.05) is 13.2 Å². The molecule has 2 aromatic rings. The van der Waals surface area contributed by atoms with Crippen molar-refractivity contribution in [3.8, 4) is 5.88 Å². The van der Waals surface area contributed by atoms with Gasteiger partial charge in [0.1, 0.15) is 0 Å². The van der Waals surface area contributed by atoms with Gasteiger partial charge in [-0.05, 0) is 43.4 Å². The molecule has 1 fully saturated rings. The molecule has 0 amide bonds. The zero-order valence-electron chi connectivity index (χ0n) is 12.1. The van der Waals surface area contributed by atoms with Crippen LogP contribution in [0.3, 0.4) is 0 Å². The molecule has 106 valence electrons. The molecule has 1 aliphatic carbocycles. The largest absolute Gasteiger partial charge is 0.477 e. The van der Waals surface area contributed by atoms with Crippen LogP contribution < -0.4 is 10.1 Å². The molecule has 1 aliphatic rings. The molecule has 3 rings (SSSR count). The Morgan fingerprint density at radius 2 is 2.15 bits per heavy atom. The lowest BCUT2D eigenvalue weighted by atomic mass is 10.1. The van der Waals surface area contributed by atoms with Crippen LogP contribution in [0.15, 0.2) is 30.3 Å². The quantitative estimate of drug-likeness (QED) is 0.782. The summed E-state index contributed by atoms with van der Waals surface area (Å²) in [5, 5.41) is 4.68. The van der Waals surface area contributed by atoms with Crippen molar-refractivity contribution in [1.29, 1.82) is 0 Å². The maximum Gasteiger partial charge on any atom is 0.214 e. The smallest absolute Gasteiger partial charge is 0.214 e. The second-order valence-electron chi connectivity index (χ2n) is 5.57. The molecular weight excluding hydrogens is 248 g/mol. The van der Waals surface area contributed by atoms with Crippen molar-refractivity contribution in [1.82, 2.24) is 10.3 Å². The van der Waals surface area contributed by atoms with E-state index in [-0.39, 0.29) is 0 Å². The van der Waals surface area contributed by atoms with E-state index in [0.29, 0.717) is 0 Å². The fraction of sp³-hybridized carbons (Fsp3) is 0.471. The minimum absolute atomic E-state index is 0.755. The Morgan fingerprint density at radius 3 is 2.95 bits per heavy atom. The maximum absolute atomic E-state index is 5.85. The third-order valence-electron chi connectivity index (χ3n) is 3.68. The number of benzene rings is 1. The molecule has 1 heterocycles. The first-order chi connectivity index (χ1) is 9.86. The molecule has 0 atom stereocenters. The molecule has 3 heteroatoms. The summed E-state index contributed by atoms with van der Waals surface area (Å²) in [5.74, 6) is 1.52. The van der Waals surface area contributed by atoms with Crippen LogP contribution in [0, 0.1) is 5.92 Å². The normalized spacial score (nSPS) is 14.7. The van der Waals surface area contributed by atoms with Crippen molar-refractivity contribution >= 4 is 10.9 Å². The molecule has 20 heavy (non-hydrogen) atoms. The average Bonchev–Trinajstić information content (AvgIpc) is 3.29. The van der Waals surface area contributed by atoms with Gasteiger partial charge in [-0.25, -0.2) is 4.98 Å². The summed E-state index contributed by atoms with van der Waals surface area (Å²) in [7, 11) is 0. The van der Waals surface area contributed by atoms with Gasteiger partial charge in [-0.2, -0.15) is 0 Å². The molecule has 1 N–H and O–H groups in total. The highest BCUT2D eigenvalue weighted by molar-refractivity contribution is 5.82. The Labute approximate surface area is 120 Å². The zero-order chi connectivity index (χ0) is 13.8. The summed E-state index contributed by atoms with van der Waals surface area (Å²) in [6, 6.07) is 10.4. The van der Waals surface area contributed by atoms with E-state index >= 15 is 0 Å². The highest BCUT2D eigenvalue weighted by Crippen LogP contribution is 2.30. The van der Waals surface area contributed by atoms with E-state index < -0.39 is 0 Å². The number of nitrogens with one attached hydrogen (secondary N) is 1. The third-order valence-corrected chi connectivity index (χ3v) is 3.68.